The van der Waals surface area contributed by atoms with Gasteiger partial charge in [0.1, 0.15) is 5.60 Å². The molecule has 1 aliphatic rings. The van der Waals surface area contributed by atoms with Gasteiger partial charge < -0.3 is 5.11 Å². The third kappa shape index (κ3) is 3.56. The van der Waals surface area contributed by atoms with Crippen molar-refractivity contribution in [1.82, 2.24) is 4.90 Å². The highest BCUT2D eigenvalue weighted by Gasteiger charge is 2.50. The Bertz CT molecular complexity index is 420. The molecular weight excluding hydrogens is 305 g/mol. The molecule has 0 amide bonds. The summed E-state index contributed by atoms with van der Waals surface area (Å²) < 4.78 is -1.62. The first kappa shape index (κ1) is 15.4. The van der Waals surface area contributed by atoms with Crippen LogP contribution in [0.5, 0.6) is 0 Å². The van der Waals surface area contributed by atoms with Gasteiger partial charge in [-0.3, -0.25) is 4.90 Å². The number of likely N-dealkylation sites (tertiary alicyclic amines) is 1. The molecule has 1 saturated heterocycles. The maximum Gasteiger partial charge on any atom is 0.218 e. The van der Waals surface area contributed by atoms with E-state index in [1.54, 1.807) is 0 Å². The van der Waals surface area contributed by atoms with Crippen molar-refractivity contribution in [1.29, 1.82) is 0 Å². The average Bonchev–Trinajstić information content (AvgIpc) is 2.33. The first-order chi connectivity index (χ1) is 8.82. The van der Waals surface area contributed by atoms with E-state index in [1.807, 2.05) is 18.2 Å². The van der Waals surface area contributed by atoms with Crippen LogP contribution in [0.25, 0.3) is 0 Å². The van der Waals surface area contributed by atoms with Gasteiger partial charge in [-0.25, -0.2) is 0 Å². The summed E-state index contributed by atoms with van der Waals surface area (Å²) in [6.45, 7) is 3.64. The van der Waals surface area contributed by atoms with Crippen molar-refractivity contribution in [3.8, 4) is 0 Å². The van der Waals surface area contributed by atoms with Crippen molar-refractivity contribution in [3.63, 3.8) is 0 Å². The molecule has 2 nitrogen and oxygen atoms in total. The molecule has 0 aromatic heterocycles. The molecule has 0 aliphatic carbocycles. The van der Waals surface area contributed by atoms with E-state index in [9.17, 15) is 5.11 Å². The number of hydrogen-bond acceptors (Lipinski definition) is 2. The second kappa shape index (κ2) is 5.79. The van der Waals surface area contributed by atoms with Crippen LogP contribution in [0.1, 0.15) is 25.3 Å². The lowest BCUT2D eigenvalue weighted by atomic mass is 9.88. The van der Waals surface area contributed by atoms with E-state index in [0.29, 0.717) is 12.8 Å². The molecular formula is C14H18Cl3NO. The first-order valence-corrected chi connectivity index (χ1v) is 7.52. The molecule has 1 aromatic carbocycles. The molecule has 1 N–H and O–H groups in total. The smallest absolute Gasteiger partial charge is 0.218 e. The summed E-state index contributed by atoms with van der Waals surface area (Å²) >= 11 is 17.7. The van der Waals surface area contributed by atoms with Crippen LogP contribution in [0.2, 0.25) is 0 Å². The number of halogens is 3. The number of aliphatic hydroxyl groups is 1. The number of nitrogens with zero attached hydrogens (tertiary/aromatic N) is 1. The molecule has 0 bridgehead atoms. The van der Waals surface area contributed by atoms with Crippen LogP contribution >= 0.6 is 34.8 Å². The average molecular weight is 323 g/mol. The molecule has 5 heteroatoms. The first-order valence-electron chi connectivity index (χ1n) is 6.39. The highest BCUT2D eigenvalue weighted by Crippen LogP contribution is 2.45. The van der Waals surface area contributed by atoms with Crippen LogP contribution in [-0.4, -0.2) is 32.0 Å². The number of rotatable bonds is 2. The van der Waals surface area contributed by atoms with E-state index in [1.165, 1.54) is 5.56 Å². The summed E-state index contributed by atoms with van der Waals surface area (Å²) in [5.74, 6) is 0. The van der Waals surface area contributed by atoms with Gasteiger partial charge in [-0.2, -0.15) is 0 Å². The Balaban J connectivity index is 2.02. The zero-order valence-electron chi connectivity index (χ0n) is 10.8. The Labute approximate surface area is 129 Å². The van der Waals surface area contributed by atoms with Gasteiger partial charge in [-0.05, 0) is 25.3 Å². The molecule has 1 aromatic rings. The predicted octanol–water partition coefficient (Wildman–Crippen LogP) is 3.77. The molecule has 0 spiro atoms. The molecule has 1 fully saturated rings. The van der Waals surface area contributed by atoms with Crippen molar-refractivity contribution in [2.45, 2.75) is 41.7 Å². The fourth-order valence-electron chi connectivity index (χ4n) is 2.58. The summed E-state index contributed by atoms with van der Waals surface area (Å²) in [7, 11) is 0. The number of hydrogen-bond donors (Lipinski definition) is 1. The van der Waals surface area contributed by atoms with Gasteiger partial charge in [-0.1, -0.05) is 65.1 Å². The van der Waals surface area contributed by atoms with Crippen molar-refractivity contribution in [3.05, 3.63) is 35.9 Å². The van der Waals surface area contributed by atoms with Crippen LogP contribution in [0.4, 0.5) is 0 Å². The van der Waals surface area contributed by atoms with Crippen LogP contribution in [0.3, 0.4) is 0 Å². The van der Waals surface area contributed by atoms with Gasteiger partial charge in [0.05, 0.1) is 0 Å². The maximum atomic E-state index is 10.4. The SMILES string of the molecule is C[C@H]1C[C@](O)(C(Cl)(Cl)Cl)CCN1Cc1ccccc1. The minimum absolute atomic E-state index is 0.176. The predicted molar refractivity (Wildman–Crippen MR) is 80.8 cm³/mol. The third-order valence-electron chi connectivity index (χ3n) is 3.83. The Morgan fingerprint density at radius 2 is 1.95 bits per heavy atom. The van der Waals surface area contributed by atoms with E-state index >= 15 is 0 Å². The molecule has 2 rings (SSSR count). The molecule has 106 valence electrons. The molecule has 19 heavy (non-hydrogen) atoms. The number of alkyl halides is 3. The third-order valence-corrected chi connectivity index (χ3v) is 4.88. The summed E-state index contributed by atoms with van der Waals surface area (Å²) in [5.41, 5.74) is 0.0262. The van der Waals surface area contributed by atoms with Gasteiger partial charge in [0.2, 0.25) is 3.79 Å². The highest BCUT2D eigenvalue weighted by atomic mass is 35.6. The minimum atomic E-state index is -1.62. The van der Waals surface area contributed by atoms with Crippen LogP contribution in [0.15, 0.2) is 30.3 Å². The summed E-state index contributed by atoms with van der Waals surface area (Å²) in [6.07, 6.45) is 0.941. The lowest BCUT2D eigenvalue weighted by molar-refractivity contribution is -0.0424. The van der Waals surface area contributed by atoms with Crippen LogP contribution < -0.4 is 0 Å². The molecule has 0 radical (unpaired) electrons. The normalized spacial score (nSPS) is 29.4. The summed E-state index contributed by atoms with van der Waals surface area (Å²) in [6, 6.07) is 10.4. The standard InChI is InChI=1S/C14H18Cl3NO/c1-11-9-13(19,14(15,16)17)7-8-18(11)10-12-5-3-2-4-6-12/h2-6,11,19H,7-10H2,1H3/t11-,13-/m0/s1. The number of piperidine rings is 1. The minimum Gasteiger partial charge on any atom is -0.385 e. The fraction of sp³-hybridized carbons (Fsp3) is 0.571. The zero-order chi connectivity index (χ0) is 14.1. The molecule has 1 aliphatic heterocycles. The number of benzene rings is 1. The Morgan fingerprint density at radius 3 is 2.47 bits per heavy atom. The highest BCUT2D eigenvalue weighted by molar-refractivity contribution is 6.68. The quantitative estimate of drug-likeness (QED) is 0.838. The van der Waals surface area contributed by atoms with Crippen molar-refractivity contribution >= 4 is 34.8 Å². The Kier molecular flexibility index (Phi) is 4.69. The van der Waals surface area contributed by atoms with Crippen molar-refractivity contribution in [2.75, 3.05) is 6.54 Å². The maximum absolute atomic E-state index is 10.4. The monoisotopic (exact) mass is 321 g/mol. The van der Waals surface area contributed by atoms with E-state index < -0.39 is 9.39 Å². The fourth-order valence-corrected chi connectivity index (χ4v) is 3.09. The molecule has 0 unspecified atom stereocenters. The lowest BCUT2D eigenvalue weighted by Crippen LogP contribution is -2.55. The Morgan fingerprint density at radius 1 is 1.32 bits per heavy atom. The van der Waals surface area contributed by atoms with Crippen LogP contribution in [-0.2, 0) is 6.54 Å². The largest absolute Gasteiger partial charge is 0.385 e. The second-order valence-corrected chi connectivity index (χ2v) is 7.57. The summed E-state index contributed by atoms with van der Waals surface area (Å²) in [5, 5.41) is 10.4. The Hall–Kier alpha value is 0.01000. The van der Waals surface area contributed by atoms with Gasteiger partial charge in [0.25, 0.3) is 0 Å². The summed E-state index contributed by atoms with van der Waals surface area (Å²) in [4.78, 5) is 2.31. The van der Waals surface area contributed by atoms with Gasteiger partial charge in [0.15, 0.2) is 0 Å². The van der Waals surface area contributed by atoms with Crippen molar-refractivity contribution < 1.29 is 5.11 Å². The molecule has 0 saturated carbocycles. The van der Waals surface area contributed by atoms with E-state index in [-0.39, 0.29) is 6.04 Å². The van der Waals surface area contributed by atoms with E-state index in [0.717, 1.165) is 13.1 Å². The van der Waals surface area contributed by atoms with Gasteiger partial charge >= 0.3 is 0 Å². The second-order valence-electron chi connectivity index (χ2n) is 5.29. The van der Waals surface area contributed by atoms with Gasteiger partial charge in [0, 0.05) is 19.1 Å². The molecule has 1 heterocycles. The topological polar surface area (TPSA) is 23.5 Å². The lowest BCUT2D eigenvalue weighted by Gasteiger charge is -2.45. The zero-order valence-corrected chi connectivity index (χ0v) is 13.1. The van der Waals surface area contributed by atoms with E-state index in [4.69, 9.17) is 34.8 Å². The molecule has 2 atom stereocenters. The van der Waals surface area contributed by atoms with Crippen molar-refractivity contribution in [2.24, 2.45) is 0 Å². The van der Waals surface area contributed by atoms with E-state index in [2.05, 4.69) is 24.0 Å². The van der Waals surface area contributed by atoms with Crippen LogP contribution in [0, 0.1) is 0 Å². The van der Waals surface area contributed by atoms with Gasteiger partial charge in [-0.15, -0.1) is 0 Å².